The molecule has 0 saturated heterocycles. The van der Waals surface area contributed by atoms with Crippen LogP contribution < -0.4 is 5.32 Å². The van der Waals surface area contributed by atoms with E-state index in [4.69, 9.17) is 4.52 Å². The van der Waals surface area contributed by atoms with E-state index in [0.717, 1.165) is 18.5 Å². The van der Waals surface area contributed by atoms with Crippen LogP contribution in [-0.2, 0) is 18.4 Å². The molecule has 0 radical (unpaired) electrons. The molecule has 1 amide bonds. The number of carbonyl (C=O) groups excluding carboxylic acids is 1. The molecule has 1 N–H and O–H groups in total. The van der Waals surface area contributed by atoms with Crippen molar-refractivity contribution in [1.82, 2.24) is 20.4 Å². The van der Waals surface area contributed by atoms with Crippen molar-refractivity contribution in [1.29, 1.82) is 0 Å². The zero-order valence-electron chi connectivity index (χ0n) is 13.5. The largest absolute Gasteiger partial charge is 0.359 e. The van der Waals surface area contributed by atoms with E-state index >= 15 is 0 Å². The predicted molar refractivity (Wildman–Crippen MR) is 82.4 cm³/mol. The topological polar surface area (TPSA) is 80.9 Å². The summed E-state index contributed by atoms with van der Waals surface area (Å²) in [5, 5.41) is 6.72. The van der Waals surface area contributed by atoms with E-state index in [1.54, 1.807) is 12.4 Å². The van der Waals surface area contributed by atoms with Crippen LogP contribution in [0.1, 0.15) is 61.8 Å². The van der Waals surface area contributed by atoms with Gasteiger partial charge in [-0.3, -0.25) is 4.79 Å². The number of amides is 1. The number of hydrogen-bond acceptors (Lipinski definition) is 5. The fourth-order valence-corrected chi connectivity index (χ4v) is 1.92. The van der Waals surface area contributed by atoms with Crippen LogP contribution in [0.25, 0.3) is 0 Å². The van der Waals surface area contributed by atoms with Gasteiger partial charge in [0.2, 0.25) is 0 Å². The molecule has 0 aliphatic carbocycles. The first-order valence-electron chi connectivity index (χ1n) is 7.45. The van der Waals surface area contributed by atoms with Crippen molar-refractivity contribution in [3.8, 4) is 0 Å². The number of hydrogen-bond donors (Lipinski definition) is 1. The average molecular weight is 302 g/mol. The van der Waals surface area contributed by atoms with Gasteiger partial charge in [-0.15, -0.1) is 0 Å². The lowest BCUT2D eigenvalue weighted by atomic mass is 9.96. The Kier molecular flexibility index (Phi) is 4.90. The summed E-state index contributed by atoms with van der Waals surface area (Å²) in [6.45, 7) is 8.47. The lowest BCUT2D eigenvalue weighted by Gasteiger charge is -2.15. The Hall–Kier alpha value is -2.24. The zero-order chi connectivity index (χ0) is 16.2. The molecule has 2 aromatic heterocycles. The van der Waals surface area contributed by atoms with E-state index in [2.05, 4.69) is 27.4 Å². The predicted octanol–water partition coefficient (Wildman–Crippen LogP) is 2.64. The van der Waals surface area contributed by atoms with Gasteiger partial charge in [0.25, 0.3) is 5.91 Å². The maximum atomic E-state index is 12.1. The van der Waals surface area contributed by atoms with Gasteiger partial charge in [0.1, 0.15) is 5.82 Å². The molecule has 22 heavy (non-hydrogen) atoms. The molecule has 2 aromatic rings. The van der Waals surface area contributed by atoms with Crippen LogP contribution in [0.2, 0.25) is 0 Å². The highest BCUT2D eigenvalue weighted by atomic mass is 16.5. The van der Waals surface area contributed by atoms with Crippen molar-refractivity contribution in [3.05, 3.63) is 41.3 Å². The molecule has 0 aromatic carbocycles. The lowest BCUT2D eigenvalue weighted by molar-refractivity contribution is 0.0946. The van der Waals surface area contributed by atoms with Crippen LogP contribution in [0.4, 0.5) is 0 Å². The molecule has 118 valence electrons. The van der Waals surface area contributed by atoms with Crippen molar-refractivity contribution in [3.63, 3.8) is 0 Å². The van der Waals surface area contributed by atoms with Gasteiger partial charge in [-0.1, -0.05) is 39.3 Å². The van der Waals surface area contributed by atoms with Gasteiger partial charge in [0.05, 0.1) is 17.8 Å². The van der Waals surface area contributed by atoms with Crippen LogP contribution in [0.3, 0.4) is 0 Å². The molecule has 0 aliphatic heterocycles. The molecule has 0 saturated carbocycles. The monoisotopic (exact) mass is 302 g/mol. The molecule has 0 spiro atoms. The van der Waals surface area contributed by atoms with Crippen molar-refractivity contribution in [2.45, 2.75) is 52.5 Å². The summed E-state index contributed by atoms with van der Waals surface area (Å²) in [5.41, 5.74) is 1.20. The van der Waals surface area contributed by atoms with Crippen molar-refractivity contribution < 1.29 is 9.32 Å². The minimum absolute atomic E-state index is 0.134. The molecule has 0 aliphatic rings. The third-order valence-corrected chi connectivity index (χ3v) is 3.12. The molecular formula is C16H22N4O2. The smallest absolute Gasteiger partial charge is 0.254 e. The van der Waals surface area contributed by atoms with Crippen molar-refractivity contribution in [2.24, 2.45) is 0 Å². The Bertz CT molecular complexity index is 626. The summed E-state index contributed by atoms with van der Waals surface area (Å²) < 4.78 is 5.17. The number of nitrogens with zero attached hydrogens (tertiary/aromatic N) is 3. The highest BCUT2D eigenvalue weighted by Gasteiger charge is 2.17. The maximum absolute atomic E-state index is 12.1. The van der Waals surface area contributed by atoms with Gasteiger partial charge in [0, 0.05) is 23.9 Å². The molecular weight excluding hydrogens is 280 g/mol. The number of aryl methyl sites for hydroxylation is 1. The third kappa shape index (κ3) is 4.13. The first-order valence-corrected chi connectivity index (χ1v) is 7.45. The summed E-state index contributed by atoms with van der Waals surface area (Å²) in [6.07, 6.45) is 4.98. The fourth-order valence-electron chi connectivity index (χ4n) is 1.92. The Balaban J connectivity index is 1.94. The highest BCUT2D eigenvalue weighted by molar-refractivity contribution is 5.93. The summed E-state index contributed by atoms with van der Waals surface area (Å²) in [7, 11) is 0. The summed E-state index contributed by atoms with van der Waals surface area (Å²) in [4.78, 5) is 20.6. The first kappa shape index (κ1) is 16.1. The van der Waals surface area contributed by atoms with Crippen LogP contribution in [0.5, 0.6) is 0 Å². The minimum Gasteiger partial charge on any atom is -0.359 e. The van der Waals surface area contributed by atoms with E-state index in [1.807, 2.05) is 26.8 Å². The third-order valence-electron chi connectivity index (χ3n) is 3.12. The van der Waals surface area contributed by atoms with Crippen molar-refractivity contribution in [2.75, 3.05) is 0 Å². The second-order valence-electron chi connectivity index (χ2n) is 6.26. The van der Waals surface area contributed by atoms with Gasteiger partial charge in [-0.25, -0.2) is 9.97 Å². The fraction of sp³-hybridized carbons (Fsp3) is 0.500. The molecule has 0 fully saturated rings. The molecule has 0 unspecified atom stereocenters. The Morgan fingerprint density at radius 1 is 1.27 bits per heavy atom. The molecule has 2 heterocycles. The van der Waals surface area contributed by atoms with Crippen LogP contribution in [0, 0.1) is 0 Å². The van der Waals surface area contributed by atoms with Gasteiger partial charge < -0.3 is 9.84 Å². The Morgan fingerprint density at radius 3 is 2.55 bits per heavy atom. The summed E-state index contributed by atoms with van der Waals surface area (Å²) in [6, 6.07) is 1.86. The second kappa shape index (κ2) is 6.68. The summed E-state index contributed by atoms with van der Waals surface area (Å²) in [5.74, 6) is 1.13. The quantitative estimate of drug-likeness (QED) is 0.918. The number of nitrogens with one attached hydrogen (secondary N) is 1. The maximum Gasteiger partial charge on any atom is 0.254 e. The normalized spacial score (nSPS) is 11.5. The number of carbonyl (C=O) groups is 1. The first-order chi connectivity index (χ1) is 10.4. The van der Waals surface area contributed by atoms with Crippen LogP contribution in [0.15, 0.2) is 23.0 Å². The van der Waals surface area contributed by atoms with Gasteiger partial charge in [0.15, 0.2) is 5.76 Å². The van der Waals surface area contributed by atoms with E-state index in [0.29, 0.717) is 23.7 Å². The van der Waals surface area contributed by atoms with Gasteiger partial charge in [-0.05, 0) is 6.42 Å². The van der Waals surface area contributed by atoms with E-state index in [-0.39, 0.29) is 11.3 Å². The van der Waals surface area contributed by atoms with Crippen LogP contribution in [-0.4, -0.2) is 21.0 Å². The highest BCUT2D eigenvalue weighted by Crippen LogP contribution is 2.17. The van der Waals surface area contributed by atoms with Gasteiger partial charge >= 0.3 is 0 Å². The zero-order valence-corrected chi connectivity index (χ0v) is 13.5. The minimum atomic E-state index is -0.228. The standard InChI is InChI=1S/C16H22N4O2/c1-5-6-12-7-13(22-20-12)10-17-14(21)11-8-18-15(19-9-11)16(2,3)4/h7-9H,5-6,10H2,1-4H3,(H,17,21). The van der Waals surface area contributed by atoms with E-state index < -0.39 is 0 Å². The van der Waals surface area contributed by atoms with Crippen LogP contribution >= 0.6 is 0 Å². The van der Waals surface area contributed by atoms with E-state index in [9.17, 15) is 4.79 Å². The molecule has 0 atom stereocenters. The Labute approximate surface area is 130 Å². The molecule has 6 heteroatoms. The lowest BCUT2D eigenvalue weighted by Crippen LogP contribution is -2.24. The summed E-state index contributed by atoms with van der Waals surface area (Å²) >= 11 is 0. The second-order valence-corrected chi connectivity index (χ2v) is 6.26. The SMILES string of the molecule is CCCc1cc(CNC(=O)c2cnc(C(C)(C)C)nc2)on1. The number of rotatable bonds is 5. The number of aromatic nitrogens is 3. The molecule has 6 nitrogen and oxygen atoms in total. The van der Waals surface area contributed by atoms with Gasteiger partial charge in [-0.2, -0.15) is 0 Å². The van der Waals surface area contributed by atoms with Crippen molar-refractivity contribution >= 4 is 5.91 Å². The van der Waals surface area contributed by atoms with E-state index in [1.165, 1.54) is 0 Å². The Morgan fingerprint density at radius 2 is 1.95 bits per heavy atom. The average Bonchev–Trinajstić information content (AvgIpc) is 2.92. The molecule has 2 rings (SSSR count). The molecule has 0 bridgehead atoms.